The van der Waals surface area contributed by atoms with Gasteiger partial charge in [0.1, 0.15) is 5.65 Å². The van der Waals surface area contributed by atoms with Gasteiger partial charge in [-0.3, -0.25) is 9.79 Å². The zero-order chi connectivity index (χ0) is 24.0. The van der Waals surface area contributed by atoms with Crippen molar-refractivity contribution in [1.82, 2.24) is 20.2 Å². The van der Waals surface area contributed by atoms with Gasteiger partial charge in [0.15, 0.2) is 0 Å². The number of rotatable bonds is 4. The predicted molar refractivity (Wildman–Crippen MR) is 141 cm³/mol. The van der Waals surface area contributed by atoms with E-state index in [4.69, 9.17) is 0 Å². The molecule has 2 aromatic heterocycles. The Labute approximate surface area is 205 Å². The molecule has 0 bridgehead atoms. The Balaban J connectivity index is 1.21. The summed E-state index contributed by atoms with van der Waals surface area (Å²) in [7, 11) is 0. The molecule has 1 saturated heterocycles. The van der Waals surface area contributed by atoms with Crippen LogP contribution < -0.4 is 5.32 Å². The van der Waals surface area contributed by atoms with Crippen molar-refractivity contribution in [1.29, 1.82) is 0 Å². The van der Waals surface area contributed by atoms with Gasteiger partial charge >= 0.3 is 0 Å². The number of nitrogens with one attached hydrogen (secondary N) is 2. The molecule has 6 nitrogen and oxygen atoms in total. The summed E-state index contributed by atoms with van der Waals surface area (Å²) in [5.74, 6) is 6.60. The van der Waals surface area contributed by atoms with Crippen LogP contribution in [0.1, 0.15) is 34.8 Å². The van der Waals surface area contributed by atoms with Crippen molar-refractivity contribution in [3.05, 3.63) is 95.5 Å². The van der Waals surface area contributed by atoms with Crippen LogP contribution in [0.2, 0.25) is 0 Å². The van der Waals surface area contributed by atoms with Crippen LogP contribution in [-0.4, -0.2) is 52.7 Å². The maximum absolute atomic E-state index is 12.7. The number of hydrogen-bond acceptors (Lipinski definition) is 4. The van der Waals surface area contributed by atoms with Gasteiger partial charge in [0.2, 0.25) is 0 Å². The van der Waals surface area contributed by atoms with Crippen LogP contribution in [0.3, 0.4) is 0 Å². The summed E-state index contributed by atoms with van der Waals surface area (Å²) in [4.78, 5) is 26.6. The minimum atomic E-state index is 0.0969. The number of benzene rings is 1. The maximum Gasteiger partial charge on any atom is 0.253 e. The van der Waals surface area contributed by atoms with Gasteiger partial charge in [-0.2, -0.15) is 0 Å². The Hall–Kier alpha value is -4.21. The SMILES string of the molecule is C/C=C(\C=C/C1=NC=C(C#Cc2ccnc3[nH]ccc23)C1)c1ccc(C(=O)N2CCNCC2)cc1. The van der Waals surface area contributed by atoms with E-state index in [-0.39, 0.29) is 5.91 Å². The highest BCUT2D eigenvalue weighted by atomic mass is 16.2. The Kier molecular flexibility index (Phi) is 6.69. The first kappa shape index (κ1) is 22.6. The molecule has 2 N–H and O–H groups in total. The van der Waals surface area contributed by atoms with E-state index in [0.717, 1.165) is 70.8 Å². The first-order chi connectivity index (χ1) is 17.2. The van der Waals surface area contributed by atoms with Crippen molar-refractivity contribution in [3.8, 4) is 11.8 Å². The smallest absolute Gasteiger partial charge is 0.253 e. The molecule has 2 aliphatic heterocycles. The third-order valence-corrected chi connectivity index (χ3v) is 6.21. The van der Waals surface area contributed by atoms with Gasteiger partial charge in [0, 0.05) is 79.0 Å². The lowest BCUT2D eigenvalue weighted by atomic mass is 10.0. The van der Waals surface area contributed by atoms with Gasteiger partial charge in [-0.1, -0.05) is 36.1 Å². The van der Waals surface area contributed by atoms with Gasteiger partial charge in [0.05, 0.1) is 0 Å². The fourth-order valence-electron chi connectivity index (χ4n) is 4.24. The first-order valence-corrected chi connectivity index (χ1v) is 11.9. The number of aromatic nitrogens is 2. The molecule has 1 fully saturated rings. The summed E-state index contributed by atoms with van der Waals surface area (Å²) in [6.45, 7) is 5.23. The average molecular weight is 462 g/mol. The number of carbonyl (C=O) groups is 1. The molecule has 0 radical (unpaired) electrons. The monoisotopic (exact) mass is 461 g/mol. The zero-order valence-corrected chi connectivity index (χ0v) is 19.7. The number of H-pyrrole nitrogens is 1. The molecule has 2 aliphatic rings. The van der Waals surface area contributed by atoms with Gasteiger partial charge in [-0.15, -0.1) is 0 Å². The molecular formula is C29H27N5O. The molecule has 3 aromatic rings. The molecule has 35 heavy (non-hydrogen) atoms. The van der Waals surface area contributed by atoms with Crippen LogP contribution in [0.5, 0.6) is 0 Å². The zero-order valence-electron chi connectivity index (χ0n) is 19.7. The van der Waals surface area contributed by atoms with Crippen LogP contribution in [-0.2, 0) is 0 Å². The minimum Gasteiger partial charge on any atom is -0.346 e. The number of pyridine rings is 1. The highest BCUT2D eigenvalue weighted by Gasteiger charge is 2.17. The second-order valence-corrected chi connectivity index (χ2v) is 8.50. The molecule has 0 spiro atoms. The molecule has 4 heterocycles. The first-order valence-electron chi connectivity index (χ1n) is 11.9. The van der Waals surface area contributed by atoms with Gasteiger partial charge < -0.3 is 15.2 Å². The summed E-state index contributed by atoms with van der Waals surface area (Å²) < 4.78 is 0. The Morgan fingerprint density at radius 3 is 2.66 bits per heavy atom. The molecule has 0 aliphatic carbocycles. The maximum atomic E-state index is 12.7. The summed E-state index contributed by atoms with van der Waals surface area (Å²) in [5, 5.41) is 4.31. The third kappa shape index (κ3) is 5.16. The normalized spacial score (nSPS) is 16.3. The van der Waals surface area contributed by atoms with Crippen LogP contribution in [0.15, 0.2) is 83.8 Å². The van der Waals surface area contributed by atoms with E-state index in [2.05, 4.69) is 44.3 Å². The van der Waals surface area contributed by atoms with E-state index < -0.39 is 0 Å². The largest absolute Gasteiger partial charge is 0.346 e. The topological polar surface area (TPSA) is 73.4 Å². The van der Waals surface area contributed by atoms with Crippen molar-refractivity contribution in [3.63, 3.8) is 0 Å². The number of piperazine rings is 1. The molecule has 174 valence electrons. The van der Waals surface area contributed by atoms with Crippen LogP contribution >= 0.6 is 0 Å². The quantitative estimate of drug-likeness (QED) is 0.448. The van der Waals surface area contributed by atoms with Crippen LogP contribution in [0.25, 0.3) is 16.6 Å². The second kappa shape index (κ2) is 10.4. The van der Waals surface area contributed by atoms with Gasteiger partial charge in [-0.05, 0) is 48.4 Å². The molecule has 6 heteroatoms. The Bertz CT molecular complexity index is 1420. The average Bonchev–Trinajstić information content (AvgIpc) is 3.58. The highest BCUT2D eigenvalue weighted by Crippen LogP contribution is 2.20. The Morgan fingerprint density at radius 2 is 1.86 bits per heavy atom. The predicted octanol–water partition coefficient (Wildman–Crippen LogP) is 4.35. The number of hydrogen-bond donors (Lipinski definition) is 2. The lowest BCUT2D eigenvalue weighted by Crippen LogP contribution is -2.46. The number of carbonyl (C=O) groups excluding carboxylic acids is 1. The van der Waals surface area contributed by atoms with Crippen molar-refractivity contribution in [2.45, 2.75) is 13.3 Å². The number of amides is 1. The van der Waals surface area contributed by atoms with Crippen molar-refractivity contribution in [2.75, 3.05) is 26.2 Å². The van der Waals surface area contributed by atoms with Crippen molar-refractivity contribution < 1.29 is 4.79 Å². The number of aromatic amines is 1. The highest BCUT2D eigenvalue weighted by molar-refractivity contribution is 6.01. The second-order valence-electron chi connectivity index (χ2n) is 8.50. The standard InChI is InChI=1S/C29H27N5O/c1-2-22(23-5-7-25(8-6-23)29(35)34-17-15-30-16-18-34)9-10-26-19-21(20-33-26)3-4-24-11-13-31-28-27(24)12-14-32-28/h2,5-14,20,30H,15-19H2,1H3,(H,31,32)/b10-9-,22-2+. The van der Waals surface area contributed by atoms with E-state index in [0.29, 0.717) is 6.42 Å². The van der Waals surface area contributed by atoms with E-state index in [1.165, 1.54) is 0 Å². The third-order valence-electron chi connectivity index (χ3n) is 6.21. The number of nitrogens with zero attached hydrogens (tertiary/aromatic N) is 3. The summed E-state index contributed by atoms with van der Waals surface area (Å²) in [6, 6.07) is 11.8. The number of allylic oxidation sites excluding steroid dienone is 5. The molecule has 0 unspecified atom stereocenters. The Morgan fingerprint density at radius 1 is 1.06 bits per heavy atom. The lowest BCUT2D eigenvalue weighted by Gasteiger charge is -2.27. The van der Waals surface area contributed by atoms with Gasteiger partial charge in [-0.25, -0.2) is 4.98 Å². The molecular weight excluding hydrogens is 434 g/mol. The minimum absolute atomic E-state index is 0.0969. The molecule has 0 saturated carbocycles. The van der Waals surface area contributed by atoms with E-state index in [1.54, 1.807) is 6.20 Å². The van der Waals surface area contributed by atoms with Crippen LogP contribution in [0, 0.1) is 11.8 Å². The molecule has 0 atom stereocenters. The van der Waals surface area contributed by atoms with E-state index in [9.17, 15) is 4.79 Å². The molecule has 5 rings (SSSR count). The molecule has 1 aromatic carbocycles. The molecule has 1 amide bonds. The van der Waals surface area contributed by atoms with Gasteiger partial charge in [0.25, 0.3) is 5.91 Å². The van der Waals surface area contributed by atoms with Crippen molar-refractivity contribution in [2.24, 2.45) is 4.99 Å². The van der Waals surface area contributed by atoms with Crippen molar-refractivity contribution >= 4 is 28.2 Å². The lowest BCUT2D eigenvalue weighted by molar-refractivity contribution is 0.0736. The summed E-state index contributed by atoms with van der Waals surface area (Å²) in [6.07, 6.45) is 12.4. The number of fused-ring (bicyclic) bond motifs is 1. The fourth-order valence-corrected chi connectivity index (χ4v) is 4.24. The fraction of sp³-hybridized carbons (Fsp3) is 0.207. The number of aliphatic imine (C=N–C) groups is 1. The van der Waals surface area contributed by atoms with E-state index >= 15 is 0 Å². The van der Waals surface area contributed by atoms with E-state index in [1.807, 2.05) is 66.7 Å². The summed E-state index contributed by atoms with van der Waals surface area (Å²) >= 11 is 0. The van der Waals surface area contributed by atoms with Crippen LogP contribution in [0.4, 0.5) is 0 Å². The summed E-state index contributed by atoms with van der Waals surface area (Å²) in [5.41, 5.74) is 6.64.